The highest BCUT2D eigenvalue weighted by atomic mass is 32.2. The molecule has 7 nitrogen and oxygen atoms in total. The van der Waals surface area contributed by atoms with Gasteiger partial charge in [-0.25, -0.2) is 13.2 Å². The van der Waals surface area contributed by atoms with Gasteiger partial charge in [-0.1, -0.05) is 6.07 Å². The third-order valence-electron chi connectivity index (χ3n) is 2.05. The second-order valence-electron chi connectivity index (χ2n) is 3.91. The van der Waals surface area contributed by atoms with Crippen LogP contribution in [-0.4, -0.2) is 39.0 Å². The van der Waals surface area contributed by atoms with E-state index in [9.17, 15) is 21.6 Å². The summed E-state index contributed by atoms with van der Waals surface area (Å²) in [6, 6.07) is 4.97. The molecule has 0 fully saturated rings. The van der Waals surface area contributed by atoms with Crippen LogP contribution >= 0.6 is 0 Å². The van der Waals surface area contributed by atoms with Gasteiger partial charge in [-0.2, -0.15) is 13.2 Å². The van der Waals surface area contributed by atoms with E-state index in [4.69, 9.17) is 20.4 Å². The zero-order chi connectivity index (χ0) is 17.6. The third-order valence-corrected chi connectivity index (χ3v) is 2.66. The molecule has 22 heavy (non-hydrogen) atoms. The summed E-state index contributed by atoms with van der Waals surface area (Å²) in [5.74, 6) is -2.18. The van der Waals surface area contributed by atoms with Crippen molar-refractivity contribution in [2.75, 3.05) is 18.1 Å². The number of halogens is 3. The summed E-state index contributed by atoms with van der Waals surface area (Å²) >= 11 is 0. The van der Waals surface area contributed by atoms with Gasteiger partial charge >= 0.3 is 12.1 Å². The van der Waals surface area contributed by atoms with Crippen LogP contribution in [0.5, 0.6) is 5.75 Å². The van der Waals surface area contributed by atoms with Gasteiger partial charge < -0.3 is 15.6 Å². The summed E-state index contributed by atoms with van der Waals surface area (Å²) < 4.78 is 61.1. The fraction of sp³-hybridized carbons (Fsp3) is 0.364. The molecule has 0 aromatic heterocycles. The van der Waals surface area contributed by atoms with Crippen molar-refractivity contribution < 1.29 is 36.2 Å². The monoisotopic (exact) mass is 344 g/mol. The number of nitrogens with one attached hydrogen (secondary N) is 1. The van der Waals surface area contributed by atoms with Crippen molar-refractivity contribution in [3.63, 3.8) is 0 Å². The first-order valence-electron chi connectivity index (χ1n) is 5.55. The second kappa shape index (κ2) is 7.84. The maximum absolute atomic E-state index is 11.0. The second-order valence-corrected chi connectivity index (χ2v) is 5.66. The summed E-state index contributed by atoms with van der Waals surface area (Å²) in [5, 5.41) is 7.12. The summed E-state index contributed by atoms with van der Waals surface area (Å²) in [5.41, 5.74) is 6.78. The highest BCUT2D eigenvalue weighted by Gasteiger charge is 2.38. The Morgan fingerprint density at radius 3 is 2.23 bits per heavy atom. The van der Waals surface area contributed by atoms with Crippen LogP contribution in [0.4, 0.5) is 18.9 Å². The fourth-order valence-corrected chi connectivity index (χ4v) is 1.75. The summed E-state index contributed by atoms with van der Waals surface area (Å²) in [6.45, 7) is 0.350. The number of aliphatic carboxylic acids is 1. The standard InChI is InChI=1S/C9H14N2O3S.C2HF3O2/c1-14-9-5-8(11-15(2,12)13)4-3-7(9)6-10;3-2(4,5)1(6)7/h3-5,11H,6,10H2,1-2H3;(H,6,7). The lowest BCUT2D eigenvalue weighted by molar-refractivity contribution is -0.192. The zero-order valence-electron chi connectivity index (χ0n) is 11.6. The molecule has 1 aromatic rings. The summed E-state index contributed by atoms with van der Waals surface area (Å²) in [7, 11) is -1.75. The minimum atomic E-state index is -5.08. The molecular formula is C11H15F3N2O5S. The maximum Gasteiger partial charge on any atom is 0.490 e. The van der Waals surface area contributed by atoms with Crippen LogP contribution < -0.4 is 15.2 Å². The molecular weight excluding hydrogens is 329 g/mol. The van der Waals surface area contributed by atoms with Gasteiger partial charge in [0.25, 0.3) is 0 Å². The van der Waals surface area contributed by atoms with Crippen LogP contribution in [0, 0.1) is 0 Å². The first kappa shape index (κ1) is 20.0. The molecule has 0 radical (unpaired) electrons. The summed E-state index contributed by atoms with van der Waals surface area (Å²) in [6.07, 6.45) is -3.99. The molecule has 1 aromatic carbocycles. The smallest absolute Gasteiger partial charge is 0.490 e. The maximum atomic E-state index is 11.0. The van der Waals surface area contributed by atoms with Crippen LogP contribution in [-0.2, 0) is 21.4 Å². The Kier molecular flexibility index (Phi) is 7.13. The molecule has 11 heteroatoms. The number of carboxylic acid groups (broad SMARTS) is 1. The molecule has 1 rings (SSSR count). The first-order chi connectivity index (χ1) is 9.90. The predicted molar refractivity (Wildman–Crippen MR) is 73.0 cm³/mol. The van der Waals surface area contributed by atoms with Crippen LogP contribution in [0.2, 0.25) is 0 Å². The van der Waals surface area contributed by atoms with E-state index in [2.05, 4.69) is 4.72 Å². The molecule has 0 aliphatic rings. The molecule has 4 N–H and O–H groups in total. The SMILES string of the molecule is COc1cc(NS(C)(=O)=O)ccc1CN.O=C(O)C(F)(F)F. The zero-order valence-corrected chi connectivity index (χ0v) is 12.5. The summed E-state index contributed by atoms with van der Waals surface area (Å²) in [4.78, 5) is 8.90. The fourth-order valence-electron chi connectivity index (χ4n) is 1.19. The van der Waals surface area contributed by atoms with E-state index < -0.39 is 22.2 Å². The minimum Gasteiger partial charge on any atom is -0.496 e. The first-order valence-corrected chi connectivity index (χ1v) is 7.44. The molecule has 0 heterocycles. The number of methoxy groups -OCH3 is 1. The Hall–Kier alpha value is -2.01. The molecule has 0 aliphatic heterocycles. The number of benzene rings is 1. The number of ether oxygens (including phenoxy) is 1. The predicted octanol–water partition coefficient (Wildman–Crippen LogP) is 1.16. The Morgan fingerprint density at radius 1 is 1.41 bits per heavy atom. The van der Waals surface area contributed by atoms with Crippen molar-refractivity contribution in [2.45, 2.75) is 12.7 Å². The van der Waals surface area contributed by atoms with Gasteiger partial charge in [-0.15, -0.1) is 0 Å². The molecule has 0 saturated heterocycles. The van der Waals surface area contributed by atoms with E-state index in [1.807, 2.05) is 0 Å². The Labute approximate surface area is 124 Å². The van der Waals surface area contributed by atoms with Crippen LogP contribution in [0.3, 0.4) is 0 Å². The Bertz CT molecular complexity index is 617. The van der Waals surface area contributed by atoms with E-state index in [1.165, 1.54) is 7.11 Å². The van der Waals surface area contributed by atoms with E-state index in [-0.39, 0.29) is 0 Å². The Morgan fingerprint density at radius 2 is 1.91 bits per heavy atom. The van der Waals surface area contributed by atoms with Gasteiger partial charge in [0.05, 0.1) is 19.1 Å². The van der Waals surface area contributed by atoms with Crippen molar-refractivity contribution in [1.82, 2.24) is 0 Å². The number of rotatable bonds is 4. The number of anilines is 1. The molecule has 0 bridgehead atoms. The van der Waals surface area contributed by atoms with Crippen molar-refractivity contribution in [3.8, 4) is 5.75 Å². The highest BCUT2D eigenvalue weighted by molar-refractivity contribution is 7.92. The van der Waals surface area contributed by atoms with Crippen LogP contribution in [0.25, 0.3) is 0 Å². The van der Waals surface area contributed by atoms with E-state index in [0.717, 1.165) is 11.8 Å². The number of alkyl halides is 3. The van der Waals surface area contributed by atoms with Gasteiger partial charge in [0.1, 0.15) is 5.75 Å². The van der Waals surface area contributed by atoms with Gasteiger partial charge in [0.2, 0.25) is 10.0 Å². The molecule has 0 amide bonds. The topological polar surface area (TPSA) is 119 Å². The van der Waals surface area contributed by atoms with Gasteiger partial charge in [-0.05, 0) is 6.07 Å². The molecule has 0 aliphatic carbocycles. The van der Waals surface area contributed by atoms with Gasteiger partial charge in [-0.3, -0.25) is 4.72 Å². The Balaban J connectivity index is 0.000000534. The lowest BCUT2D eigenvalue weighted by Gasteiger charge is -2.09. The van der Waals surface area contributed by atoms with Gasteiger partial charge in [0.15, 0.2) is 0 Å². The number of carboxylic acids is 1. The molecule has 0 saturated carbocycles. The number of nitrogens with two attached hydrogens (primary N) is 1. The molecule has 0 unspecified atom stereocenters. The average Bonchev–Trinajstić information content (AvgIpc) is 2.36. The van der Waals surface area contributed by atoms with Crippen molar-refractivity contribution in [2.24, 2.45) is 5.73 Å². The van der Waals surface area contributed by atoms with Crippen LogP contribution in [0.15, 0.2) is 18.2 Å². The molecule has 0 atom stereocenters. The third kappa shape index (κ3) is 7.69. The van der Waals surface area contributed by atoms with E-state index in [0.29, 0.717) is 18.0 Å². The average molecular weight is 344 g/mol. The quantitative estimate of drug-likeness (QED) is 0.754. The number of hydrogen-bond acceptors (Lipinski definition) is 5. The lowest BCUT2D eigenvalue weighted by atomic mass is 10.2. The van der Waals surface area contributed by atoms with Crippen LogP contribution in [0.1, 0.15) is 5.56 Å². The van der Waals surface area contributed by atoms with E-state index >= 15 is 0 Å². The van der Waals surface area contributed by atoms with Crippen molar-refractivity contribution in [1.29, 1.82) is 0 Å². The lowest BCUT2D eigenvalue weighted by Crippen LogP contribution is -2.21. The van der Waals surface area contributed by atoms with E-state index in [1.54, 1.807) is 18.2 Å². The molecule has 126 valence electrons. The normalized spacial score (nSPS) is 11.2. The molecule has 0 spiro atoms. The van der Waals surface area contributed by atoms with Crippen molar-refractivity contribution >= 4 is 21.7 Å². The van der Waals surface area contributed by atoms with Gasteiger partial charge in [0, 0.05) is 18.2 Å². The minimum absolute atomic E-state index is 0.350. The number of carbonyl (C=O) groups is 1. The van der Waals surface area contributed by atoms with Crippen molar-refractivity contribution in [3.05, 3.63) is 23.8 Å². The number of sulfonamides is 1. The number of hydrogen-bond donors (Lipinski definition) is 3. The largest absolute Gasteiger partial charge is 0.496 e. The highest BCUT2D eigenvalue weighted by Crippen LogP contribution is 2.23.